The molecule has 2 aromatic rings. The summed E-state index contributed by atoms with van der Waals surface area (Å²) in [6.45, 7) is 3.52. The van der Waals surface area contributed by atoms with Gasteiger partial charge >= 0.3 is 0 Å². The van der Waals surface area contributed by atoms with E-state index >= 15 is 0 Å². The van der Waals surface area contributed by atoms with Crippen LogP contribution in [-0.4, -0.2) is 32.7 Å². The van der Waals surface area contributed by atoms with Crippen molar-refractivity contribution in [1.82, 2.24) is 5.32 Å². The average Bonchev–Trinajstić information content (AvgIpc) is 2.52. The molecular weight excluding hydrogens is 372 g/mol. The van der Waals surface area contributed by atoms with Crippen LogP contribution in [0.1, 0.15) is 19.4 Å². The highest BCUT2D eigenvalue weighted by Crippen LogP contribution is 2.20. The Morgan fingerprint density at radius 2 is 1.65 bits per heavy atom. The van der Waals surface area contributed by atoms with Gasteiger partial charge in [-0.25, -0.2) is 8.42 Å². The van der Waals surface area contributed by atoms with Crippen molar-refractivity contribution in [3.63, 3.8) is 0 Å². The molecule has 0 saturated heterocycles. The Kier molecular flexibility index (Phi) is 6.31. The number of rotatable bonds is 7. The molecule has 0 fully saturated rings. The number of anilines is 1. The predicted molar refractivity (Wildman–Crippen MR) is 106 cm³/mol. The molecule has 0 atom stereocenters. The highest BCUT2D eigenvalue weighted by atomic mass is 35.5. The summed E-state index contributed by atoms with van der Waals surface area (Å²) in [5.74, 6) is -0.369. The normalized spacial score (nSPS) is 11.8. The molecule has 5 nitrogen and oxygen atoms in total. The summed E-state index contributed by atoms with van der Waals surface area (Å²) in [6.07, 6.45) is 1.71. The molecule has 0 aliphatic rings. The summed E-state index contributed by atoms with van der Waals surface area (Å²) in [7, 11) is -3.61. The Bertz CT molecular complexity index is 850. The molecule has 2 rings (SSSR count). The Labute approximate surface area is 160 Å². The van der Waals surface area contributed by atoms with Gasteiger partial charge in [0.2, 0.25) is 15.9 Å². The molecule has 0 aliphatic heterocycles. The van der Waals surface area contributed by atoms with Crippen molar-refractivity contribution in [2.24, 2.45) is 0 Å². The van der Waals surface area contributed by atoms with Crippen LogP contribution in [0.3, 0.4) is 0 Å². The standard InChI is InChI=1S/C19H23ClN2O3S/c1-19(2,13-15-7-5-4-6-8-15)21-18(23)14-22(26(3,24)25)17-11-9-16(20)10-12-17/h4-12H,13-14H2,1-3H3,(H,21,23). The third-order valence-electron chi connectivity index (χ3n) is 3.77. The van der Waals surface area contributed by atoms with Gasteiger partial charge in [-0.15, -0.1) is 0 Å². The lowest BCUT2D eigenvalue weighted by molar-refractivity contribution is -0.121. The third-order valence-corrected chi connectivity index (χ3v) is 5.16. The van der Waals surface area contributed by atoms with Crippen LogP contribution in [0.4, 0.5) is 5.69 Å². The average molecular weight is 395 g/mol. The highest BCUT2D eigenvalue weighted by molar-refractivity contribution is 7.92. The fourth-order valence-corrected chi connectivity index (χ4v) is 3.69. The summed E-state index contributed by atoms with van der Waals surface area (Å²) in [5, 5.41) is 3.41. The van der Waals surface area contributed by atoms with E-state index in [-0.39, 0.29) is 12.5 Å². The Morgan fingerprint density at radius 1 is 1.08 bits per heavy atom. The molecule has 0 radical (unpaired) electrons. The molecule has 0 bridgehead atoms. The molecule has 0 unspecified atom stereocenters. The van der Waals surface area contributed by atoms with Gasteiger partial charge in [-0.1, -0.05) is 41.9 Å². The summed E-state index contributed by atoms with van der Waals surface area (Å²) in [6, 6.07) is 16.1. The number of nitrogens with one attached hydrogen (secondary N) is 1. The molecule has 7 heteroatoms. The van der Waals surface area contributed by atoms with Crippen LogP contribution in [0.5, 0.6) is 0 Å². The first-order valence-corrected chi connectivity index (χ1v) is 10.4. The summed E-state index contributed by atoms with van der Waals surface area (Å²) in [4.78, 5) is 12.5. The summed E-state index contributed by atoms with van der Waals surface area (Å²) in [5.41, 5.74) is 0.977. The Morgan fingerprint density at radius 3 is 2.19 bits per heavy atom. The van der Waals surface area contributed by atoms with E-state index in [2.05, 4.69) is 5.32 Å². The molecule has 1 amide bonds. The van der Waals surface area contributed by atoms with Crippen molar-refractivity contribution < 1.29 is 13.2 Å². The van der Waals surface area contributed by atoms with Gasteiger partial charge in [0.25, 0.3) is 0 Å². The molecule has 1 N–H and O–H groups in total. The molecule has 0 spiro atoms. The zero-order valence-electron chi connectivity index (χ0n) is 15.1. The minimum atomic E-state index is -3.61. The van der Waals surface area contributed by atoms with Crippen LogP contribution in [0.2, 0.25) is 5.02 Å². The minimum absolute atomic E-state index is 0.293. The van der Waals surface area contributed by atoms with Crippen molar-refractivity contribution in [3.8, 4) is 0 Å². The maximum absolute atomic E-state index is 12.5. The number of carbonyl (C=O) groups excluding carboxylic acids is 1. The zero-order valence-corrected chi connectivity index (χ0v) is 16.6. The van der Waals surface area contributed by atoms with Gasteiger partial charge in [-0.3, -0.25) is 9.10 Å². The second kappa shape index (κ2) is 8.10. The van der Waals surface area contributed by atoms with Crippen LogP contribution in [0.15, 0.2) is 54.6 Å². The Balaban J connectivity index is 2.10. The van der Waals surface area contributed by atoms with Gasteiger partial charge in [0.15, 0.2) is 0 Å². The number of amides is 1. The van der Waals surface area contributed by atoms with E-state index in [0.29, 0.717) is 17.1 Å². The molecule has 0 aliphatic carbocycles. The third kappa shape index (κ3) is 6.04. The lowest BCUT2D eigenvalue weighted by atomic mass is 9.95. The van der Waals surface area contributed by atoms with Crippen LogP contribution >= 0.6 is 11.6 Å². The topological polar surface area (TPSA) is 66.5 Å². The van der Waals surface area contributed by atoms with Gasteiger partial charge in [-0.05, 0) is 50.1 Å². The lowest BCUT2D eigenvalue weighted by Gasteiger charge is -2.29. The number of hydrogen-bond donors (Lipinski definition) is 1. The zero-order chi connectivity index (χ0) is 19.4. The predicted octanol–water partition coefficient (Wildman–Crippen LogP) is 3.24. The van der Waals surface area contributed by atoms with Crippen molar-refractivity contribution in [3.05, 3.63) is 65.2 Å². The van der Waals surface area contributed by atoms with Gasteiger partial charge < -0.3 is 5.32 Å². The van der Waals surface area contributed by atoms with E-state index < -0.39 is 15.6 Å². The van der Waals surface area contributed by atoms with E-state index in [1.54, 1.807) is 24.3 Å². The van der Waals surface area contributed by atoms with E-state index in [0.717, 1.165) is 16.1 Å². The van der Waals surface area contributed by atoms with Crippen LogP contribution in [0.25, 0.3) is 0 Å². The maximum atomic E-state index is 12.5. The fraction of sp³-hybridized carbons (Fsp3) is 0.316. The van der Waals surface area contributed by atoms with Crippen LogP contribution in [0, 0.1) is 0 Å². The molecule has 0 saturated carbocycles. The fourth-order valence-electron chi connectivity index (χ4n) is 2.71. The summed E-state index contributed by atoms with van der Waals surface area (Å²) >= 11 is 5.85. The minimum Gasteiger partial charge on any atom is -0.349 e. The van der Waals surface area contributed by atoms with Crippen LogP contribution < -0.4 is 9.62 Å². The lowest BCUT2D eigenvalue weighted by Crippen LogP contribution is -2.50. The molecular formula is C19H23ClN2O3S. The number of benzene rings is 2. The number of halogens is 1. The highest BCUT2D eigenvalue weighted by Gasteiger charge is 2.25. The largest absolute Gasteiger partial charge is 0.349 e. The quantitative estimate of drug-likeness (QED) is 0.783. The van der Waals surface area contributed by atoms with Crippen molar-refractivity contribution in [2.45, 2.75) is 25.8 Å². The number of nitrogens with zero attached hydrogens (tertiary/aromatic N) is 1. The number of hydrogen-bond acceptors (Lipinski definition) is 3. The van der Waals surface area contributed by atoms with Gasteiger partial charge in [0.05, 0.1) is 11.9 Å². The SMILES string of the molecule is CC(C)(Cc1ccccc1)NC(=O)CN(c1ccc(Cl)cc1)S(C)(=O)=O. The van der Waals surface area contributed by atoms with E-state index in [1.807, 2.05) is 44.2 Å². The van der Waals surface area contributed by atoms with Gasteiger partial charge in [-0.2, -0.15) is 0 Å². The maximum Gasteiger partial charge on any atom is 0.241 e. The first-order valence-electron chi connectivity index (χ1n) is 8.15. The van der Waals surface area contributed by atoms with Gasteiger partial charge in [0, 0.05) is 10.6 Å². The van der Waals surface area contributed by atoms with Crippen molar-refractivity contribution in [1.29, 1.82) is 0 Å². The number of sulfonamides is 1. The molecule has 2 aromatic carbocycles. The molecule has 0 heterocycles. The first kappa shape index (κ1) is 20.3. The first-order chi connectivity index (χ1) is 12.1. The van der Waals surface area contributed by atoms with Crippen molar-refractivity contribution in [2.75, 3.05) is 17.1 Å². The molecule has 26 heavy (non-hydrogen) atoms. The Hall–Kier alpha value is -2.05. The second-order valence-corrected chi connectivity index (χ2v) is 9.18. The van der Waals surface area contributed by atoms with E-state index in [9.17, 15) is 13.2 Å². The monoisotopic (exact) mass is 394 g/mol. The van der Waals surface area contributed by atoms with E-state index in [1.165, 1.54) is 0 Å². The van der Waals surface area contributed by atoms with Crippen molar-refractivity contribution >= 4 is 33.2 Å². The van der Waals surface area contributed by atoms with Gasteiger partial charge in [0.1, 0.15) is 6.54 Å². The smallest absolute Gasteiger partial charge is 0.241 e. The van der Waals surface area contributed by atoms with E-state index in [4.69, 9.17) is 11.6 Å². The second-order valence-electron chi connectivity index (χ2n) is 6.84. The molecule has 140 valence electrons. The summed E-state index contributed by atoms with van der Waals surface area (Å²) < 4.78 is 25.3. The number of carbonyl (C=O) groups is 1. The van der Waals surface area contributed by atoms with Crippen LogP contribution in [-0.2, 0) is 21.2 Å². The molecule has 0 aromatic heterocycles.